The van der Waals surface area contributed by atoms with Crippen molar-refractivity contribution in [2.45, 2.75) is 25.5 Å². The lowest BCUT2D eigenvalue weighted by atomic mass is 10.1. The van der Waals surface area contributed by atoms with E-state index in [0.29, 0.717) is 41.0 Å². The first-order valence-corrected chi connectivity index (χ1v) is 11.7. The number of ether oxygens (including phenoxy) is 2. The number of likely N-dealkylation sites (tertiary alicyclic amines) is 1. The van der Waals surface area contributed by atoms with Crippen molar-refractivity contribution in [3.8, 4) is 17.1 Å². The van der Waals surface area contributed by atoms with Crippen LogP contribution in [0, 0.1) is 0 Å². The maximum Gasteiger partial charge on any atom is 0.274 e. The van der Waals surface area contributed by atoms with E-state index < -0.39 is 0 Å². The quantitative estimate of drug-likeness (QED) is 0.422. The Kier molecular flexibility index (Phi) is 6.52. The van der Waals surface area contributed by atoms with Crippen LogP contribution in [0.3, 0.4) is 0 Å². The Balaban J connectivity index is 1.40. The molecule has 2 aromatic heterocycles. The van der Waals surface area contributed by atoms with E-state index in [1.807, 2.05) is 30.3 Å². The predicted octanol–water partition coefficient (Wildman–Crippen LogP) is 3.57. The fourth-order valence-corrected chi connectivity index (χ4v) is 4.57. The fraction of sp³-hybridized carbons (Fsp3) is 0.280. The van der Waals surface area contributed by atoms with Crippen LogP contribution in [0.4, 0.5) is 0 Å². The van der Waals surface area contributed by atoms with Crippen LogP contribution in [0.5, 0.6) is 5.75 Å². The Labute approximate surface area is 206 Å². The average molecular weight is 494 g/mol. The smallest absolute Gasteiger partial charge is 0.274 e. The number of methoxy groups -OCH3 is 1. The third-order valence-electron chi connectivity index (χ3n) is 5.99. The number of nitrogens with zero attached hydrogens (tertiary/aromatic N) is 4. The zero-order valence-electron chi connectivity index (χ0n) is 19.1. The highest BCUT2D eigenvalue weighted by Gasteiger charge is 2.32. The minimum atomic E-state index is -0.315. The molecule has 1 saturated heterocycles. The van der Waals surface area contributed by atoms with Gasteiger partial charge in [-0.1, -0.05) is 48.0 Å². The van der Waals surface area contributed by atoms with Crippen LogP contribution >= 0.6 is 11.6 Å². The molecular weight excluding hydrogens is 470 g/mol. The maximum absolute atomic E-state index is 13.4. The summed E-state index contributed by atoms with van der Waals surface area (Å²) in [7, 11) is 1.62. The number of hydrogen-bond donors (Lipinski definition) is 1. The van der Waals surface area contributed by atoms with Gasteiger partial charge in [-0.15, -0.1) is 0 Å². The molecule has 5 rings (SSSR count). The van der Waals surface area contributed by atoms with Gasteiger partial charge in [0, 0.05) is 25.3 Å². The maximum atomic E-state index is 13.4. The van der Waals surface area contributed by atoms with Crippen molar-refractivity contribution >= 4 is 23.3 Å². The minimum Gasteiger partial charge on any atom is -0.486 e. The molecule has 1 amide bonds. The van der Waals surface area contributed by atoms with E-state index in [9.17, 15) is 9.59 Å². The van der Waals surface area contributed by atoms with Gasteiger partial charge in [0.15, 0.2) is 5.82 Å². The predicted molar refractivity (Wildman–Crippen MR) is 131 cm³/mol. The number of amides is 1. The number of carbonyl (C=O) groups excluding carboxylic acids is 1. The molecule has 0 spiro atoms. The van der Waals surface area contributed by atoms with Crippen LogP contribution in [-0.4, -0.2) is 56.7 Å². The second-order valence-corrected chi connectivity index (χ2v) is 8.72. The van der Waals surface area contributed by atoms with E-state index in [1.165, 1.54) is 10.6 Å². The van der Waals surface area contributed by atoms with E-state index in [0.717, 1.165) is 18.4 Å². The highest BCUT2D eigenvalue weighted by Crippen LogP contribution is 2.31. The Morgan fingerprint density at radius 2 is 2.00 bits per heavy atom. The van der Waals surface area contributed by atoms with Crippen molar-refractivity contribution in [1.82, 2.24) is 24.5 Å². The van der Waals surface area contributed by atoms with E-state index in [1.54, 1.807) is 30.2 Å². The normalized spacial score (nSPS) is 15.6. The van der Waals surface area contributed by atoms with Crippen LogP contribution in [0.25, 0.3) is 17.2 Å². The standard InChI is InChI=1S/C25H24ClN5O4/c1-34-15-18-9-6-12-30(18)24(33)22-19(26)10-5-11-20(22)35-14-17-13-21(32)31-25(27-17)28-23(29-31)16-7-3-2-4-8-16/h2-5,7-8,10-11,13,18H,6,9,12,14-15H2,1H3,(H,27,28,29). The molecule has 3 heterocycles. The summed E-state index contributed by atoms with van der Waals surface area (Å²) < 4.78 is 12.5. The molecule has 1 fully saturated rings. The molecule has 180 valence electrons. The van der Waals surface area contributed by atoms with Crippen molar-refractivity contribution in [1.29, 1.82) is 0 Å². The number of fused-ring (bicyclic) bond motifs is 1. The lowest BCUT2D eigenvalue weighted by molar-refractivity contribution is 0.0626. The van der Waals surface area contributed by atoms with E-state index in [-0.39, 0.29) is 29.9 Å². The third kappa shape index (κ3) is 4.65. The Hall–Kier alpha value is -3.69. The van der Waals surface area contributed by atoms with Crippen molar-refractivity contribution in [3.63, 3.8) is 0 Å². The fourth-order valence-electron chi connectivity index (χ4n) is 4.32. The molecule has 1 atom stereocenters. The number of aromatic amines is 1. The first-order chi connectivity index (χ1) is 17.0. The number of hydrogen-bond acceptors (Lipinski definition) is 6. The molecule has 1 unspecified atom stereocenters. The summed E-state index contributed by atoms with van der Waals surface area (Å²) in [6, 6.07) is 15.9. The molecule has 0 bridgehead atoms. The molecule has 9 nitrogen and oxygen atoms in total. The SMILES string of the molecule is COCC1CCCN1C(=O)c1c(Cl)cccc1OCc1cc(=O)n2[nH]c(-c3ccccc3)nc2n1. The summed E-state index contributed by atoms with van der Waals surface area (Å²) in [5.41, 5.74) is 1.20. The Morgan fingerprint density at radius 3 is 2.80 bits per heavy atom. The lowest BCUT2D eigenvalue weighted by Gasteiger charge is -2.25. The van der Waals surface area contributed by atoms with Gasteiger partial charge in [0.1, 0.15) is 17.9 Å². The van der Waals surface area contributed by atoms with Crippen LogP contribution in [0.15, 0.2) is 59.4 Å². The molecule has 1 aliphatic heterocycles. The number of benzene rings is 2. The molecule has 4 aromatic rings. The molecule has 1 N–H and O–H groups in total. The average Bonchev–Trinajstić information content (AvgIpc) is 3.51. The zero-order chi connectivity index (χ0) is 24.4. The monoisotopic (exact) mass is 493 g/mol. The molecule has 0 radical (unpaired) electrons. The van der Waals surface area contributed by atoms with Gasteiger partial charge >= 0.3 is 0 Å². The van der Waals surface area contributed by atoms with Gasteiger partial charge in [-0.05, 0) is 25.0 Å². The van der Waals surface area contributed by atoms with Gasteiger partial charge in [0.2, 0.25) is 0 Å². The minimum absolute atomic E-state index is 0.000723. The van der Waals surface area contributed by atoms with Crippen LogP contribution in [0.2, 0.25) is 5.02 Å². The number of aromatic nitrogens is 4. The second kappa shape index (κ2) is 9.89. The van der Waals surface area contributed by atoms with Crippen LogP contribution in [-0.2, 0) is 11.3 Å². The van der Waals surface area contributed by atoms with Gasteiger partial charge in [0.25, 0.3) is 17.2 Å². The van der Waals surface area contributed by atoms with Crippen LogP contribution in [0.1, 0.15) is 28.9 Å². The van der Waals surface area contributed by atoms with E-state index in [4.69, 9.17) is 21.1 Å². The van der Waals surface area contributed by atoms with Gasteiger partial charge in [-0.3, -0.25) is 14.7 Å². The number of halogens is 1. The van der Waals surface area contributed by atoms with Gasteiger partial charge < -0.3 is 14.4 Å². The van der Waals surface area contributed by atoms with E-state index >= 15 is 0 Å². The van der Waals surface area contributed by atoms with Crippen molar-refractivity contribution in [3.05, 3.63) is 81.2 Å². The van der Waals surface area contributed by atoms with Gasteiger partial charge in [0.05, 0.1) is 23.4 Å². The largest absolute Gasteiger partial charge is 0.486 e. The topological polar surface area (TPSA) is 102 Å². The van der Waals surface area contributed by atoms with Crippen molar-refractivity contribution < 1.29 is 14.3 Å². The summed E-state index contributed by atoms with van der Waals surface area (Å²) in [4.78, 5) is 36.7. The lowest BCUT2D eigenvalue weighted by Crippen LogP contribution is -2.38. The molecule has 1 aliphatic rings. The first-order valence-electron chi connectivity index (χ1n) is 11.3. The van der Waals surface area contributed by atoms with E-state index in [2.05, 4.69) is 15.1 Å². The third-order valence-corrected chi connectivity index (χ3v) is 6.31. The summed E-state index contributed by atoms with van der Waals surface area (Å²) in [5, 5.41) is 3.27. The molecule has 10 heteroatoms. The zero-order valence-corrected chi connectivity index (χ0v) is 19.9. The van der Waals surface area contributed by atoms with Crippen molar-refractivity contribution in [2.75, 3.05) is 20.3 Å². The summed E-state index contributed by atoms with van der Waals surface area (Å²) in [6.45, 7) is 1.08. The first kappa shape index (κ1) is 23.1. The Morgan fingerprint density at radius 1 is 1.17 bits per heavy atom. The Bertz CT molecular complexity index is 1420. The molecular formula is C25H24ClN5O4. The highest BCUT2D eigenvalue weighted by atomic mass is 35.5. The number of H-pyrrole nitrogens is 1. The number of nitrogens with one attached hydrogen (secondary N) is 1. The van der Waals surface area contributed by atoms with Crippen LogP contribution < -0.4 is 10.3 Å². The molecule has 2 aromatic carbocycles. The van der Waals surface area contributed by atoms with Crippen molar-refractivity contribution in [2.24, 2.45) is 0 Å². The summed E-state index contributed by atoms with van der Waals surface area (Å²) >= 11 is 6.43. The van der Waals surface area contributed by atoms with Gasteiger partial charge in [-0.2, -0.15) is 9.50 Å². The number of rotatable bonds is 7. The van der Waals surface area contributed by atoms with Gasteiger partial charge in [-0.25, -0.2) is 4.98 Å². The molecule has 35 heavy (non-hydrogen) atoms. The second-order valence-electron chi connectivity index (χ2n) is 8.31. The molecule has 0 aliphatic carbocycles. The highest BCUT2D eigenvalue weighted by molar-refractivity contribution is 6.34. The summed E-state index contributed by atoms with van der Waals surface area (Å²) in [5.74, 6) is 0.900. The number of carbonyl (C=O) groups is 1. The summed E-state index contributed by atoms with van der Waals surface area (Å²) in [6.07, 6.45) is 1.78. The molecule has 0 saturated carbocycles.